The predicted octanol–water partition coefficient (Wildman–Crippen LogP) is 2.22. The van der Waals surface area contributed by atoms with Gasteiger partial charge < -0.3 is 15.2 Å². The Morgan fingerprint density at radius 3 is 2.59 bits per heavy atom. The van der Waals surface area contributed by atoms with Crippen molar-refractivity contribution in [1.82, 2.24) is 0 Å². The number of nitrogens with one attached hydrogen (secondary N) is 1. The Kier molecular flexibility index (Phi) is 3.90. The number of carboxylic acids is 1. The predicted molar refractivity (Wildman–Crippen MR) is 79.7 cm³/mol. The average Bonchev–Trinajstić information content (AvgIpc) is 3.20. The Morgan fingerprint density at radius 2 is 1.95 bits per heavy atom. The third kappa shape index (κ3) is 2.39. The van der Waals surface area contributed by atoms with Gasteiger partial charge in [0, 0.05) is 0 Å². The lowest BCUT2D eigenvalue weighted by atomic mass is 9.79. The quantitative estimate of drug-likeness (QED) is 0.829. The van der Waals surface area contributed by atoms with Gasteiger partial charge in [0.2, 0.25) is 5.91 Å². The van der Waals surface area contributed by atoms with Gasteiger partial charge in [0.15, 0.2) is 0 Å². The zero-order chi connectivity index (χ0) is 15.9. The Bertz CT molecular complexity index is 625. The van der Waals surface area contributed by atoms with Crippen LogP contribution in [0.25, 0.3) is 0 Å². The van der Waals surface area contributed by atoms with Gasteiger partial charge in [-0.3, -0.25) is 9.59 Å². The Hall–Kier alpha value is -1.89. The standard InChI is InChI=1S/C15H17NO5S/c1-21-15(20)9-4-5-22-13(9)16-12(17)10-7-2-3-8(6-7)11(10)14(18)19/h4-5,7-8,10-11H,2-3,6H2,1H3,(H,16,17)(H,18,19)/t7-,8-,10-,11+/m0/s1. The van der Waals surface area contributed by atoms with E-state index in [1.807, 2.05) is 0 Å². The number of hydrogen-bond donors (Lipinski definition) is 2. The number of hydrogen-bond acceptors (Lipinski definition) is 5. The molecule has 2 N–H and O–H groups in total. The van der Waals surface area contributed by atoms with Gasteiger partial charge >= 0.3 is 11.9 Å². The van der Waals surface area contributed by atoms with E-state index in [-0.39, 0.29) is 17.7 Å². The van der Waals surface area contributed by atoms with Crippen molar-refractivity contribution in [2.24, 2.45) is 23.7 Å². The van der Waals surface area contributed by atoms with Crippen LogP contribution in [0.15, 0.2) is 11.4 Å². The SMILES string of the molecule is COC(=O)c1ccsc1NC(=O)[C@H]1[C@H]2CC[C@@H](C2)[C@H]1C(=O)O. The van der Waals surface area contributed by atoms with E-state index in [0.717, 1.165) is 19.3 Å². The molecule has 6 nitrogen and oxygen atoms in total. The molecule has 4 atom stereocenters. The van der Waals surface area contributed by atoms with Crippen LogP contribution in [-0.2, 0) is 14.3 Å². The van der Waals surface area contributed by atoms with Crippen LogP contribution in [0.4, 0.5) is 5.00 Å². The second-order valence-corrected chi connectivity index (χ2v) is 6.78. The van der Waals surface area contributed by atoms with E-state index >= 15 is 0 Å². The minimum Gasteiger partial charge on any atom is -0.481 e. The number of fused-ring (bicyclic) bond motifs is 2. The van der Waals surface area contributed by atoms with Gasteiger partial charge in [-0.05, 0) is 42.5 Å². The molecule has 2 fully saturated rings. The minimum absolute atomic E-state index is 0.0988. The van der Waals surface area contributed by atoms with Crippen LogP contribution in [0.2, 0.25) is 0 Å². The number of carboxylic acid groups (broad SMARTS) is 1. The van der Waals surface area contributed by atoms with Crippen molar-refractivity contribution in [2.45, 2.75) is 19.3 Å². The monoisotopic (exact) mass is 323 g/mol. The highest BCUT2D eigenvalue weighted by molar-refractivity contribution is 7.14. The molecule has 2 aliphatic carbocycles. The normalized spacial score (nSPS) is 29.3. The summed E-state index contributed by atoms with van der Waals surface area (Å²) in [6.45, 7) is 0. The van der Waals surface area contributed by atoms with E-state index in [1.165, 1.54) is 18.4 Å². The van der Waals surface area contributed by atoms with Gasteiger partial charge in [0.25, 0.3) is 0 Å². The average molecular weight is 323 g/mol. The van der Waals surface area contributed by atoms with Crippen molar-refractivity contribution < 1.29 is 24.2 Å². The van der Waals surface area contributed by atoms with Crippen LogP contribution in [0.3, 0.4) is 0 Å². The minimum atomic E-state index is -0.897. The second kappa shape index (κ2) is 5.72. The highest BCUT2D eigenvalue weighted by atomic mass is 32.1. The fraction of sp³-hybridized carbons (Fsp3) is 0.533. The maximum absolute atomic E-state index is 12.6. The lowest BCUT2D eigenvalue weighted by molar-refractivity contribution is -0.148. The van der Waals surface area contributed by atoms with Crippen LogP contribution in [0, 0.1) is 23.7 Å². The number of anilines is 1. The molecule has 0 aliphatic heterocycles. The summed E-state index contributed by atoms with van der Waals surface area (Å²) < 4.78 is 4.67. The molecule has 1 aromatic rings. The Labute approximate surface area is 131 Å². The van der Waals surface area contributed by atoms with E-state index in [9.17, 15) is 19.5 Å². The van der Waals surface area contributed by atoms with E-state index in [4.69, 9.17) is 0 Å². The number of amides is 1. The molecule has 0 saturated heterocycles. The van der Waals surface area contributed by atoms with Gasteiger partial charge in [0.1, 0.15) is 5.00 Å². The maximum Gasteiger partial charge on any atom is 0.340 e. The molecule has 2 aliphatic rings. The fourth-order valence-electron chi connectivity index (χ4n) is 3.90. The first kappa shape index (κ1) is 15.0. The lowest BCUT2D eigenvalue weighted by Gasteiger charge is -2.26. The van der Waals surface area contributed by atoms with Gasteiger partial charge in [-0.2, -0.15) is 0 Å². The van der Waals surface area contributed by atoms with E-state index in [1.54, 1.807) is 11.4 Å². The summed E-state index contributed by atoms with van der Waals surface area (Å²) in [6, 6.07) is 1.58. The van der Waals surface area contributed by atoms with E-state index in [2.05, 4.69) is 10.1 Å². The summed E-state index contributed by atoms with van der Waals surface area (Å²) in [5, 5.41) is 14.3. The molecule has 0 aromatic carbocycles. The molecule has 7 heteroatoms. The van der Waals surface area contributed by atoms with E-state index in [0.29, 0.717) is 10.6 Å². The van der Waals surface area contributed by atoms with Crippen molar-refractivity contribution >= 4 is 34.2 Å². The molecule has 2 saturated carbocycles. The molecule has 0 unspecified atom stereocenters. The third-order valence-corrected chi connectivity index (χ3v) is 5.64. The van der Waals surface area contributed by atoms with Gasteiger partial charge in [0.05, 0.1) is 24.5 Å². The zero-order valence-corrected chi connectivity index (χ0v) is 12.9. The Balaban J connectivity index is 1.79. The molecule has 0 radical (unpaired) electrons. The fourth-order valence-corrected chi connectivity index (χ4v) is 4.67. The molecular formula is C15H17NO5S. The van der Waals surface area contributed by atoms with Crippen molar-refractivity contribution in [3.63, 3.8) is 0 Å². The molecule has 1 heterocycles. The number of methoxy groups -OCH3 is 1. The molecule has 22 heavy (non-hydrogen) atoms. The topological polar surface area (TPSA) is 92.7 Å². The lowest BCUT2D eigenvalue weighted by Crippen LogP contribution is -2.37. The first-order chi connectivity index (χ1) is 10.5. The number of ether oxygens (including phenoxy) is 1. The summed E-state index contributed by atoms with van der Waals surface area (Å²) in [6.07, 6.45) is 2.60. The number of aliphatic carboxylic acids is 1. The summed E-state index contributed by atoms with van der Waals surface area (Å²) >= 11 is 1.23. The largest absolute Gasteiger partial charge is 0.481 e. The van der Waals surface area contributed by atoms with Crippen LogP contribution in [-0.4, -0.2) is 30.1 Å². The number of carbonyl (C=O) groups excluding carboxylic acids is 2. The summed E-state index contributed by atoms with van der Waals surface area (Å²) in [5.74, 6) is -2.60. The summed E-state index contributed by atoms with van der Waals surface area (Å²) in [4.78, 5) is 35.7. The number of rotatable bonds is 4. The third-order valence-electron chi connectivity index (χ3n) is 4.81. The van der Waals surface area contributed by atoms with Crippen molar-refractivity contribution in [3.8, 4) is 0 Å². The van der Waals surface area contributed by atoms with Crippen LogP contribution in [0.1, 0.15) is 29.6 Å². The summed E-state index contributed by atoms with van der Waals surface area (Å²) in [7, 11) is 1.28. The van der Waals surface area contributed by atoms with E-state index < -0.39 is 23.8 Å². The molecule has 118 valence electrons. The van der Waals surface area contributed by atoms with Gasteiger partial charge in [-0.25, -0.2) is 4.79 Å². The number of carbonyl (C=O) groups is 3. The molecule has 1 aromatic heterocycles. The van der Waals surface area contributed by atoms with Crippen LogP contribution >= 0.6 is 11.3 Å². The Morgan fingerprint density at radius 1 is 1.27 bits per heavy atom. The number of thiophene rings is 1. The first-order valence-electron chi connectivity index (χ1n) is 7.22. The number of esters is 1. The first-order valence-corrected chi connectivity index (χ1v) is 8.10. The van der Waals surface area contributed by atoms with Crippen LogP contribution < -0.4 is 5.32 Å². The molecular weight excluding hydrogens is 306 g/mol. The highest BCUT2D eigenvalue weighted by Crippen LogP contribution is 2.52. The van der Waals surface area contributed by atoms with Crippen LogP contribution in [0.5, 0.6) is 0 Å². The molecule has 3 rings (SSSR count). The zero-order valence-electron chi connectivity index (χ0n) is 12.1. The molecule has 0 spiro atoms. The molecule has 2 bridgehead atoms. The van der Waals surface area contributed by atoms with Crippen molar-refractivity contribution in [1.29, 1.82) is 0 Å². The maximum atomic E-state index is 12.6. The van der Waals surface area contributed by atoms with Crippen molar-refractivity contribution in [3.05, 3.63) is 17.0 Å². The highest BCUT2D eigenvalue weighted by Gasteiger charge is 2.54. The summed E-state index contributed by atoms with van der Waals surface area (Å²) in [5.41, 5.74) is 0.302. The van der Waals surface area contributed by atoms with Gasteiger partial charge in [-0.1, -0.05) is 0 Å². The van der Waals surface area contributed by atoms with Crippen molar-refractivity contribution in [2.75, 3.05) is 12.4 Å². The molecule has 1 amide bonds. The second-order valence-electron chi connectivity index (χ2n) is 5.87. The smallest absolute Gasteiger partial charge is 0.340 e. The van der Waals surface area contributed by atoms with Gasteiger partial charge in [-0.15, -0.1) is 11.3 Å².